The molecule has 0 spiro atoms. The highest BCUT2D eigenvalue weighted by Crippen LogP contribution is 2.18. The van der Waals surface area contributed by atoms with Gasteiger partial charge in [-0.1, -0.05) is 19.1 Å². The van der Waals surface area contributed by atoms with Crippen molar-refractivity contribution in [2.45, 2.75) is 13.3 Å². The second-order valence-corrected chi connectivity index (χ2v) is 5.55. The van der Waals surface area contributed by atoms with Crippen LogP contribution in [0.2, 0.25) is 0 Å². The Morgan fingerprint density at radius 2 is 1.88 bits per heavy atom. The molecule has 0 amide bonds. The third-order valence-electron chi connectivity index (χ3n) is 3.70. The van der Waals surface area contributed by atoms with Crippen molar-refractivity contribution in [2.75, 3.05) is 12.4 Å². The largest absolute Gasteiger partial charge is 0.469 e. The van der Waals surface area contributed by atoms with Crippen LogP contribution in [0.15, 0.2) is 48.8 Å². The van der Waals surface area contributed by atoms with Crippen LogP contribution < -0.4 is 5.32 Å². The van der Waals surface area contributed by atoms with E-state index in [4.69, 9.17) is 4.74 Å². The van der Waals surface area contributed by atoms with Crippen molar-refractivity contribution in [3.63, 3.8) is 0 Å². The number of fused-ring (bicyclic) bond motifs is 1. The molecule has 6 heteroatoms. The van der Waals surface area contributed by atoms with Crippen LogP contribution >= 0.6 is 0 Å². The molecule has 0 aliphatic carbocycles. The molecular weight excluding hydrogens is 304 g/mol. The number of nitrogens with one attached hydrogen (secondary N) is 1. The minimum absolute atomic E-state index is 0.158. The summed E-state index contributed by atoms with van der Waals surface area (Å²) in [5, 5.41) is 3.24. The van der Waals surface area contributed by atoms with E-state index in [0.717, 1.165) is 16.8 Å². The summed E-state index contributed by atoms with van der Waals surface area (Å²) in [6.07, 6.45) is 3.91. The number of hydrogen-bond acceptors (Lipinski definition) is 6. The number of anilines is 2. The van der Waals surface area contributed by atoms with Crippen LogP contribution in [-0.2, 0) is 16.0 Å². The highest BCUT2D eigenvalue weighted by Gasteiger charge is 2.13. The summed E-state index contributed by atoms with van der Waals surface area (Å²) in [6.45, 7) is 1.86. The molecule has 24 heavy (non-hydrogen) atoms. The van der Waals surface area contributed by atoms with Gasteiger partial charge in [-0.05, 0) is 36.2 Å². The summed E-state index contributed by atoms with van der Waals surface area (Å²) in [7, 11) is 1.41. The normalized spacial score (nSPS) is 11.9. The second kappa shape index (κ2) is 7.04. The monoisotopic (exact) mass is 322 g/mol. The molecule has 2 heterocycles. The first-order chi connectivity index (χ1) is 11.7. The molecule has 1 atom stereocenters. The molecule has 6 nitrogen and oxygen atoms in total. The van der Waals surface area contributed by atoms with Crippen LogP contribution in [0.1, 0.15) is 12.5 Å². The van der Waals surface area contributed by atoms with Crippen LogP contribution in [0.3, 0.4) is 0 Å². The molecule has 0 aliphatic rings. The van der Waals surface area contributed by atoms with Gasteiger partial charge in [0.15, 0.2) is 5.65 Å². The fourth-order valence-electron chi connectivity index (χ4n) is 2.43. The smallest absolute Gasteiger partial charge is 0.308 e. The molecule has 0 fully saturated rings. The highest BCUT2D eigenvalue weighted by molar-refractivity contribution is 5.73. The Morgan fingerprint density at radius 3 is 2.62 bits per heavy atom. The van der Waals surface area contributed by atoms with E-state index < -0.39 is 0 Å². The Hall–Kier alpha value is -3.02. The average Bonchev–Trinajstić information content (AvgIpc) is 2.62. The number of carbonyl (C=O) groups is 1. The number of hydrogen-bond donors (Lipinski definition) is 1. The van der Waals surface area contributed by atoms with E-state index in [2.05, 4.69) is 20.3 Å². The van der Waals surface area contributed by atoms with Crippen molar-refractivity contribution in [3.05, 3.63) is 54.4 Å². The Bertz CT molecular complexity index is 849. The van der Waals surface area contributed by atoms with Crippen LogP contribution in [0, 0.1) is 5.92 Å². The summed E-state index contributed by atoms with van der Waals surface area (Å²) in [4.78, 5) is 24.3. The van der Waals surface area contributed by atoms with Crippen LogP contribution in [0.25, 0.3) is 11.2 Å². The molecule has 0 radical (unpaired) electrons. The van der Waals surface area contributed by atoms with Crippen molar-refractivity contribution >= 4 is 28.6 Å². The third kappa shape index (κ3) is 3.65. The lowest BCUT2D eigenvalue weighted by Crippen LogP contribution is -2.15. The van der Waals surface area contributed by atoms with E-state index in [0.29, 0.717) is 17.9 Å². The van der Waals surface area contributed by atoms with Gasteiger partial charge in [-0.3, -0.25) is 9.78 Å². The van der Waals surface area contributed by atoms with Crippen molar-refractivity contribution in [1.29, 1.82) is 0 Å². The van der Waals surface area contributed by atoms with Crippen molar-refractivity contribution in [3.8, 4) is 0 Å². The van der Waals surface area contributed by atoms with Crippen molar-refractivity contribution in [1.82, 2.24) is 15.0 Å². The SMILES string of the molecule is COC(=O)C(C)Cc1ccc(Nc2ccc3nccnc3n2)cc1. The molecule has 0 aliphatic heterocycles. The molecule has 0 bridgehead atoms. The minimum atomic E-state index is -0.196. The maximum absolute atomic E-state index is 11.5. The van der Waals surface area contributed by atoms with E-state index in [1.54, 1.807) is 12.4 Å². The molecular formula is C18H18N4O2. The lowest BCUT2D eigenvalue weighted by atomic mass is 10.0. The van der Waals surface area contributed by atoms with Gasteiger partial charge < -0.3 is 10.1 Å². The van der Waals surface area contributed by atoms with E-state index in [1.807, 2.05) is 43.3 Å². The number of esters is 1. The number of benzene rings is 1. The summed E-state index contributed by atoms with van der Waals surface area (Å²) in [6, 6.07) is 11.6. The molecule has 1 N–H and O–H groups in total. The zero-order valence-corrected chi connectivity index (χ0v) is 13.6. The Labute approximate surface area is 139 Å². The second-order valence-electron chi connectivity index (χ2n) is 5.55. The molecule has 3 aromatic rings. The molecule has 0 saturated heterocycles. The number of methoxy groups -OCH3 is 1. The molecule has 3 rings (SSSR count). The summed E-state index contributed by atoms with van der Waals surface area (Å²) >= 11 is 0. The first-order valence-electron chi connectivity index (χ1n) is 7.67. The van der Waals surface area contributed by atoms with Gasteiger partial charge in [0.2, 0.25) is 0 Å². The Morgan fingerprint density at radius 1 is 1.12 bits per heavy atom. The minimum Gasteiger partial charge on any atom is -0.469 e. The zero-order chi connectivity index (χ0) is 16.9. The highest BCUT2D eigenvalue weighted by atomic mass is 16.5. The fraction of sp³-hybridized carbons (Fsp3) is 0.222. The van der Waals surface area contributed by atoms with Crippen molar-refractivity contribution < 1.29 is 9.53 Å². The lowest BCUT2D eigenvalue weighted by molar-refractivity contribution is -0.144. The standard InChI is InChI=1S/C18H18N4O2/c1-12(18(23)24-2)11-13-3-5-14(6-4-13)21-16-8-7-15-17(22-16)20-10-9-19-15/h3-10,12H,11H2,1-2H3,(H,20,21,22). The van der Waals surface area contributed by atoms with E-state index in [9.17, 15) is 4.79 Å². The first kappa shape index (κ1) is 15.9. The quantitative estimate of drug-likeness (QED) is 0.727. The number of pyridine rings is 1. The van der Waals surface area contributed by atoms with Gasteiger partial charge in [0.1, 0.15) is 11.3 Å². The van der Waals surface area contributed by atoms with Crippen LogP contribution in [0.5, 0.6) is 0 Å². The predicted molar refractivity (Wildman–Crippen MR) is 91.9 cm³/mol. The number of aromatic nitrogens is 3. The van der Waals surface area contributed by atoms with Gasteiger partial charge >= 0.3 is 5.97 Å². The molecule has 2 aromatic heterocycles. The third-order valence-corrected chi connectivity index (χ3v) is 3.70. The zero-order valence-electron chi connectivity index (χ0n) is 13.6. The number of nitrogens with zero attached hydrogens (tertiary/aromatic N) is 3. The summed E-state index contributed by atoms with van der Waals surface area (Å²) < 4.78 is 4.75. The Kier molecular flexibility index (Phi) is 4.65. The molecule has 0 saturated carbocycles. The van der Waals surface area contributed by atoms with Gasteiger partial charge in [-0.25, -0.2) is 9.97 Å². The van der Waals surface area contributed by atoms with Gasteiger partial charge in [0.25, 0.3) is 0 Å². The maximum atomic E-state index is 11.5. The Balaban J connectivity index is 1.70. The van der Waals surface area contributed by atoms with Gasteiger partial charge in [-0.15, -0.1) is 0 Å². The van der Waals surface area contributed by atoms with Crippen LogP contribution in [-0.4, -0.2) is 28.0 Å². The molecule has 122 valence electrons. The first-order valence-corrected chi connectivity index (χ1v) is 7.67. The van der Waals surface area contributed by atoms with Gasteiger partial charge in [0, 0.05) is 18.1 Å². The van der Waals surface area contributed by atoms with E-state index in [1.165, 1.54) is 7.11 Å². The van der Waals surface area contributed by atoms with Gasteiger partial charge in [0.05, 0.1) is 13.0 Å². The maximum Gasteiger partial charge on any atom is 0.308 e. The van der Waals surface area contributed by atoms with E-state index in [-0.39, 0.29) is 11.9 Å². The summed E-state index contributed by atoms with van der Waals surface area (Å²) in [5.41, 5.74) is 3.36. The number of ether oxygens (including phenoxy) is 1. The van der Waals surface area contributed by atoms with Crippen LogP contribution in [0.4, 0.5) is 11.5 Å². The van der Waals surface area contributed by atoms with E-state index >= 15 is 0 Å². The average molecular weight is 322 g/mol. The predicted octanol–water partition coefficient (Wildman–Crippen LogP) is 3.12. The lowest BCUT2D eigenvalue weighted by Gasteiger charge is -2.10. The topological polar surface area (TPSA) is 77.0 Å². The fourth-order valence-corrected chi connectivity index (χ4v) is 2.43. The molecule has 1 aromatic carbocycles. The van der Waals surface area contributed by atoms with Gasteiger partial charge in [-0.2, -0.15) is 0 Å². The summed E-state index contributed by atoms with van der Waals surface area (Å²) in [5.74, 6) is 0.354. The number of rotatable bonds is 5. The van der Waals surface area contributed by atoms with Crippen molar-refractivity contribution in [2.24, 2.45) is 5.92 Å². The number of carbonyl (C=O) groups excluding carboxylic acids is 1. The molecule has 1 unspecified atom stereocenters.